The summed E-state index contributed by atoms with van der Waals surface area (Å²) in [4.78, 5) is 18.6. The Morgan fingerprint density at radius 3 is 2.50 bits per heavy atom. The molecule has 1 heterocycles. The van der Waals surface area contributed by atoms with E-state index in [-0.39, 0.29) is 18.3 Å². The monoisotopic (exact) mass is 342 g/mol. The highest BCUT2D eigenvalue weighted by molar-refractivity contribution is 8.14. The third-order valence-corrected chi connectivity index (χ3v) is 4.26. The van der Waals surface area contributed by atoms with E-state index in [2.05, 4.69) is 4.99 Å². The van der Waals surface area contributed by atoms with Gasteiger partial charge in [-0.15, -0.1) is 0 Å². The molecule has 1 aliphatic heterocycles. The summed E-state index contributed by atoms with van der Waals surface area (Å²) in [6.45, 7) is -0.0210. The molecule has 0 fully saturated rings. The van der Waals surface area contributed by atoms with Crippen LogP contribution in [-0.2, 0) is 4.79 Å². The Labute approximate surface area is 143 Å². The van der Waals surface area contributed by atoms with Gasteiger partial charge in [0, 0.05) is 5.75 Å². The van der Waals surface area contributed by atoms with Crippen molar-refractivity contribution < 1.29 is 14.3 Å². The van der Waals surface area contributed by atoms with Crippen molar-refractivity contribution in [1.29, 1.82) is 0 Å². The van der Waals surface area contributed by atoms with Gasteiger partial charge in [-0.25, -0.2) is 9.38 Å². The number of hydrogen-bond acceptors (Lipinski definition) is 4. The van der Waals surface area contributed by atoms with E-state index < -0.39 is 0 Å². The molecule has 0 atom stereocenters. The molecule has 3 rings (SSSR count). The molecule has 1 aliphatic rings. The Morgan fingerprint density at radius 1 is 1.12 bits per heavy atom. The van der Waals surface area contributed by atoms with Gasteiger partial charge in [0.15, 0.2) is 5.17 Å². The van der Waals surface area contributed by atoms with Gasteiger partial charge in [0.25, 0.3) is 5.91 Å². The normalized spacial score (nSPS) is 15.9. The molecule has 0 radical (unpaired) electrons. The van der Waals surface area contributed by atoms with E-state index in [1.165, 1.54) is 40.9 Å². The van der Waals surface area contributed by atoms with Gasteiger partial charge in [0.05, 0.1) is 12.3 Å². The SMILES string of the molecule is O=C1/C(=C/c2ccccc2)N=C(SCCO)N1c1ccc(F)cc1. The predicted molar refractivity (Wildman–Crippen MR) is 95.3 cm³/mol. The number of halogens is 1. The fourth-order valence-electron chi connectivity index (χ4n) is 2.26. The van der Waals surface area contributed by atoms with Crippen LogP contribution in [0.4, 0.5) is 10.1 Å². The standard InChI is InChI=1S/C18H15FN2O2S/c19-14-6-8-15(9-7-14)21-17(23)16(20-18(21)24-11-10-22)12-13-4-2-1-3-5-13/h1-9,12,22H,10-11H2/b16-12-. The van der Waals surface area contributed by atoms with Crippen LogP contribution in [0, 0.1) is 5.82 Å². The number of rotatable bonds is 4. The van der Waals surface area contributed by atoms with Crippen LogP contribution in [0.2, 0.25) is 0 Å². The number of carbonyl (C=O) groups excluding carboxylic acids is 1. The van der Waals surface area contributed by atoms with Crippen LogP contribution in [0.3, 0.4) is 0 Å². The van der Waals surface area contributed by atoms with E-state index in [1.807, 2.05) is 30.3 Å². The highest BCUT2D eigenvalue weighted by Crippen LogP contribution is 2.29. The highest BCUT2D eigenvalue weighted by Gasteiger charge is 2.31. The van der Waals surface area contributed by atoms with Gasteiger partial charge in [-0.05, 0) is 35.9 Å². The third kappa shape index (κ3) is 3.55. The van der Waals surface area contributed by atoms with E-state index in [4.69, 9.17) is 5.11 Å². The maximum Gasteiger partial charge on any atom is 0.283 e. The number of benzene rings is 2. The van der Waals surface area contributed by atoms with E-state index >= 15 is 0 Å². The van der Waals surface area contributed by atoms with Crippen LogP contribution in [0.1, 0.15) is 5.56 Å². The van der Waals surface area contributed by atoms with Crippen LogP contribution in [0.5, 0.6) is 0 Å². The third-order valence-electron chi connectivity index (χ3n) is 3.34. The number of aliphatic hydroxyl groups excluding tert-OH is 1. The minimum atomic E-state index is -0.369. The van der Waals surface area contributed by atoms with E-state index in [0.29, 0.717) is 22.3 Å². The summed E-state index contributed by atoms with van der Waals surface area (Å²) in [7, 11) is 0. The first-order chi connectivity index (χ1) is 11.7. The minimum absolute atomic E-state index is 0.0210. The molecule has 0 saturated carbocycles. The van der Waals surface area contributed by atoms with Gasteiger partial charge in [0.2, 0.25) is 0 Å². The lowest BCUT2D eigenvalue weighted by Gasteiger charge is -2.17. The van der Waals surface area contributed by atoms with Gasteiger partial charge in [-0.1, -0.05) is 42.1 Å². The second-order valence-electron chi connectivity index (χ2n) is 5.02. The number of anilines is 1. The van der Waals surface area contributed by atoms with Crippen molar-refractivity contribution in [2.75, 3.05) is 17.3 Å². The van der Waals surface area contributed by atoms with Gasteiger partial charge < -0.3 is 5.11 Å². The van der Waals surface area contributed by atoms with Crippen molar-refractivity contribution >= 4 is 34.6 Å². The van der Waals surface area contributed by atoms with Gasteiger partial charge >= 0.3 is 0 Å². The average Bonchev–Trinajstić information content (AvgIpc) is 2.90. The van der Waals surface area contributed by atoms with Crippen LogP contribution in [0.25, 0.3) is 6.08 Å². The second-order valence-corrected chi connectivity index (χ2v) is 6.09. The molecule has 4 nitrogen and oxygen atoms in total. The molecule has 2 aromatic rings. The number of amides is 1. The Hall–Kier alpha value is -2.44. The Balaban J connectivity index is 1.96. The number of nitrogens with zero attached hydrogens (tertiary/aromatic N) is 2. The molecule has 0 aromatic heterocycles. The molecule has 122 valence electrons. The summed E-state index contributed by atoms with van der Waals surface area (Å²) in [5, 5.41) is 9.52. The van der Waals surface area contributed by atoms with Crippen LogP contribution < -0.4 is 4.90 Å². The molecule has 1 amide bonds. The summed E-state index contributed by atoms with van der Waals surface area (Å²) in [5.41, 5.74) is 1.73. The molecule has 0 spiro atoms. The predicted octanol–water partition coefficient (Wildman–Crippen LogP) is 3.29. The lowest BCUT2D eigenvalue weighted by Crippen LogP contribution is -2.30. The summed E-state index contributed by atoms with van der Waals surface area (Å²) in [5.74, 6) is -0.222. The highest BCUT2D eigenvalue weighted by atomic mass is 32.2. The van der Waals surface area contributed by atoms with Crippen LogP contribution in [-0.4, -0.2) is 28.5 Å². The van der Waals surface area contributed by atoms with Crippen molar-refractivity contribution in [3.8, 4) is 0 Å². The number of amidine groups is 1. The first-order valence-electron chi connectivity index (χ1n) is 7.38. The maximum absolute atomic E-state index is 13.2. The summed E-state index contributed by atoms with van der Waals surface area (Å²) in [6, 6.07) is 15.1. The fourth-order valence-corrected chi connectivity index (χ4v) is 3.01. The Kier molecular flexibility index (Phi) is 5.08. The minimum Gasteiger partial charge on any atom is -0.396 e. The first kappa shape index (κ1) is 16.4. The number of carbonyl (C=O) groups is 1. The van der Waals surface area contributed by atoms with Gasteiger partial charge in [-0.3, -0.25) is 9.69 Å². The topological polar surface area (TPSA) is 52.9 Å². The smallest absolute Gasteiger partial charge is 0.283 e. The summed E-state index contributed by atoms with van der Waals surface area (Å²) < 4.78 is 13.2. The van der Waals surface area contributed by atoms with Gasteiger partial charge in [-0.2, -0.15) is 0 Å². The molecule has 6 heteroatoms. The number of aliphatic hydroxyl groups is 1. The number of aliphatic imine (C=N–C) groups is 1. The van der Waals surface area contributed by atoms with Crippen molar-refractivity contribution in [2.24, 2.45) is 4.99 Å². The molecule has 24 heavy (non-hydrogen) atoms. The molecule has 2 aromatic carbocycles. The van der Waals surface area contributed by atoms with Crippen LogP contribution >= 0.6 is 11.8 Å². The zero-order valence-electron chi connectivity index (χ0n) is 12.7. The van der Waals surface area contributed by atoms with Crippen molar-refractivity contribution in [3.05, 3.63) is 71.7 Å². The summed E-state index contributed by atoms with van der Waals surface area (Å²) >= 11 is 1.28. The Morgan fingerprint density at radius 2 is 1.83 bits per heavy atom. The fraction of sp³-hybridized carbons (Fsp3) is 0.111. The lowest BCUT2D eigenvalue weighted by atomic mass is 10.2. The van der Waals surface area contributed by atoms with E-state index in [0.717, 1.165) is 5.56 Å². The first-order valence-corrected chi connectivity index (χ1v) is 8.37. The largest absolute Gasteiger partial charge is 0.396 e. The second kappa shape index (κ2) is 7.42. The van der Waals surface area contributed by atoms with E-state index in [9.17, 15) is 9.18 Å². The molecule has 0 unspecified atom stereocenters. The molecular formula is C18H15FN2O2S. The number of hydrogen-bond donors (Lipinski definition) is 1. The average molecular weight is 342 g/mol. The van der Waals surface area contributed by atoms with Crippen molar-refractivity contribution in [3.63, 3.8) is 0 Å². The molecule has 0 bridgehead atoms. The van der Waals surface area contributed by atoms with Crippen molar-refractivity contribution in [2.45, 2.75) is 0 Å². The van der Waals surface area contributed by atoms with E-state index in [1.54, 1.807) is 6.08 Å². The van der Waals surface area contributed by atoms with Gasteiger partial charge in [0.1, 0.15) is 11.5 Å². The quantitative estimate of drug-likeness (QED) is 0.868. The number of thioether (sulfide) groups is 1. The molecule has 1 N–H and O–H groups in total. The molecule has 0 aliphatic carbocycles. The van der Waals surface area contributed by atoms with Crippen LogP contribution in [0.15, 0.2) is 65.3 Å². The summed E-state index contributed by atoms with van der Waals surface area (Å²) in [6.07, 6.45) is 1.71. The van der Waals surface area contributed by atoms with Crippen molar-refractivity contribution in [1.82, 2.24) is 0 Å². The molecular weight excluding hydrogens is 327 g/mol. The maximum atomic E-state index is 13.2. The zero-order valence-corrected chi connectivity index (χ0v) is 13.5. The Bertz CT molecular complexity index is 788. The zero-order chi connectivity index (χ0) is 16.9. The lowest BCUT2D eigenvalue weighted by molar-refractivity contribution is -0.113. The molecule has 0 saturated heterocycles.